The maximum absolute atomic E-state index is 12.2. The van der Waals surface area contributed by atoms with Crippen molar-refractivity contribution in [3.63, 3.8) is 0 Å². The summed E-state index contributed by atoms with van der Waals surface area (Å²) in [6.07, 6.45) is 26.3. The fourth-order valence-electron chi connectivity index (χ4n) is 5.02. The second-order valence-corrected chi connectivity index (χ2v) is 11.6. The summed E-state index contributed by atoms with van der Waals surface area (Å²) in [7, 11) is 0. The molecule has 0 atom stereocenters. The Morgan fingerprint density at radius 2 is 0.881 bits per heavy atom. The minimum atomic E-state index is -0.165. The van der Waals surface area contributed by atoms with E-state index in [1.165, 1.54) is 109 Å². The molecular formula is C37H58N2O3. The number of azo groups is 1. The van der Waals surface area contributed by atoms with E-state index in [1.54, 1.807) is 12.1 Å². The fourth-order valence-corrected chi connectivity index (χ4v) is 5.02. The summed E-state index contributed by atoms with van der Waals surface area (Å²) >= 11 is 0. The van der Waals surface area contributed by atoms with Gasteiger partial charge >= 0.3 is 5.97 Å². The molecule has 0 radical (unpaired) electrons. The Morgan fingerprint density at radius 3 is 1.33 bits per heavy atom. The smallest absolute Gasteiger partial charge is 0.311 e. The zero-order valence-electron chi connectivity index (χ0n) is 26.8. The van der Waals surface area contributed by atoms with Crippen LogP contribution in [-0.2, 0) is 4.79 Å². The first-order valence-electron chi connectivity index (χ1n) is 17.2. The van der Waals surface area contributed by atoms with Crippen molar-refractivity contribution in [2.24, 2.45) is 10.2 Å². The van der Waals surface area contributed by atoms with E-state index in [1.807, 2.05) is 36.4 Å². The van der Waals surface area contributed by atoms with Gasteiger partial charge < -0.3 is 9.47 Å². The van der Waals surface area contributed by atoms with Crippen LogP contribution in [0.1, 0.15) is 149 Å². The first-order valence-corrected chi connectivity index (χ1v) is 17.2. The molecule has 2 aromatic carbocycles. The Bertz CT molecular complexity index is 940. The van der Waals surface area contributed by atoms with Gasteiger partial charge in [-0.05, 0) is 61.4 Å². The van der Waals surface area contributed by atoms with Crippen molar-refractivity contribution in [2.75, 3.05) is 6.61 Å². The first kappa shape index (κ1) is 35.5. The summed E-state index contributed by atoms with van der Waals surface area (Å²) in [6, 6.07) is 14.9. The number of unbranched alkanes of at least 4 members (excludes halogenated alkanes) is 18. The van der Waals surface area contributed by atoms with E-state index in [0.717, 1.165) is 37.3 Å². The van der Waals surface area contributed by atoms with Gasteiger partial charge in [-0.25, -0.2) is 0 Å². The van der Waals surface area contributed by atoms with E-state index in [2.05, 4.69) is 24.1 Å². The van der Waals surface area contributed by atoms with Gasteiger partial charge in [0.2, 0.25) is 0 Å². The predicted octanol–water partition coefficient (Wildman–Crippen LogP) is 12.6. The van der Waals surface area contributed by atoms with Gasteiger partial charge in [0.1, 0.15) is 11.5 Å². The molecule has 0 saturated carbocycles. The van der Waals surface area contributed by atoms with Crippen molar-refractivity contribution in [2.45, 2.75) is 149 Å². The summed E-state index contributed by atoms with van der Waals surface area (Å²) in [4.78, 5) is 12.2. The molecule has 0 aromatic heterocycles. The molecule has 0 spiro atoms. The average molecular weight is 579 g/mol. The molecule has 2 rings (SSSR count). The van der Waals surface area contributed by atoms with Gasteiger partial charge in [-0.1, -0.05) is 129 Å². The minimum Gasteiger partial charge on any atom is -0.494 e. The Labute approximate surface area is 256 Å². The summed E-state index contributed by atoms with van der Waals surface area (Å²) in [5.74, 6) is 1.25. The van der Waals surface area contributed by atoms with E-state index in [4.69, 9.17) is 9.47 Å². The summed E-state index contributed by atoms with van der Waals surface area (Å²) < 4.78 is 11.3. The second kappa shape index (κ2) is 24.9. The number of nitrogens with zero attached hydrogens (tertiary/aromatic N) is 2. The van der Waals surface area contributed by atoms with Crippen molar-refractivity contribution in [1.82, 2.24) is 0 Å². The zero-order valence-corrected chi connectivity index (χ0v) is 26.8. The molecule has 0 amide bonds. The molecule has 5 heteroatoms. The number of hydrogen-bond acceptors (Lipinski definition) is 5. The Kier molecular flexibility index (Phi) is 21.0. The largest absolute Gasteiger partial charge is 0.494 e. The number of rotatable bonds is 26. The number of ether oxygens (including phenoxy) is 2. The lowest BCUT2D eigenvalue weighted by Gasteiger charge is -2.06. The lowest BCUT2D eigenvalue weighted by atomic mass is 10.0. The quantitative estimate of drug-likeness (QED) is 0.0483. The minimum absolute atomic E-state index is 0.165. The number of carbonyl (C=O) groups excluding carboxylic acids is 1. The van der Waals surface area contributed by atoms with Crippen molar-refractivity contribution in [3.05, 3.63) is 48.5 Å². The molecule has 0 heterocycles. The molecular weight excluding hydrogens is 520 g/mol. The van der Waals surface area contributed by atoms with Gasteiger partial charge in [0.25, 0.3) is 0 Å². The van der Waals surface area contributed by atoms with Crippen LogP contribution in [0.5, 0.6) is 11.5 Å². The highest BCUT2D eigenvalue weighted by atomic mass is 16.5. The van der Waals surface area contributed by atoms with Crippen LogP contribution in [0.2, 0.25) is 0 Å². The van der Waals surface area contributed by atoms with Crippen LogP contribution in [0.4, 0.5) is 11.4 Å². The third-order valence-electron chi connectivity index (χ3n) is 7.69. The van der Waals surface area contributed by atoms with Gasteiger partial charge in [0.15, 0.2) is 0 Å². The first-order chi connectivity index (χ1) is 20.7. The highest BCUT2D eigenvalue weighted by Gasteiger charge is 2.05. The average Bonchev–Trinajstić information content (AvgIpc) is 3.01. The van der Waals surface area contributed by atoms with Crippen molar-refractivity contribution < 1.29 is 14.3 Å². The van der Waals surface area contributed by atoms with Crippen LogP contribution in [0.3, 0.4) is 0 Å². The highest BCUT2D eigenvalue weighted by molar-refractivity contribution is 5.72. The lowest BCUT2D eigenvalue weighted by molar-refractivity contribution is -0.134. The number of benzene rings is 2. The molecule has 2 aromatic rings. The van der Waals surface area contributed by atoms with E-state index in [9.17, 15) is 4.79 Å². The molecule has 5 nitrogen and oxygen atoms in total. The van der Waals surface area contributed by atoms with Crippen molar-refractivity contribution >= 4 is 17.3 Å². The molecule has 234 valence electrons. The number of hydrogen-bond donors (Lipinski definition) is 0. The SMILES string of the molecule is CCCCCCCCCCCCCCCC(=O)Oc1ccc(N=Nc2ccc(OCCCCCCCCC)cc2)cc1. The maximum atomic E-state index is 12.2. The van der Waals surface area contributed by atoms with Crippen LogP contribution >= 0.6 is 0 Å². The second-order valence-electron chi connectivity index (χ2n) is 11.6. The summed E-state index contributed by atoms with van der Waals surface area (Å²) in [5, 5.41) is 8.62. The van der Waals surface area contributed by atoms with Crippen LogP contribution in [0, 0.1) is 0 Å². The topological polar surface area (TPSA) is 60.2 Å². The third-order valence-corrected chi connectivity index (χ3v) is 7.69. The number of esters is 1. The molecule has 0 saturated heterocycles. The predicted molar refractivity (Wildman–Crippen MR) is 176 cm³/mol. The third kappa shape index (κ3) is 18.7. The lowest BCUT2D eigenvalue weighted by Crippen LogP contribution is -2.07. The van der Waals surface area contributed by atoms with Gasteiger partial charge in [-0.3, -0.25) is 4.79 Å². The van der Waals surface area contributed by atoms with E-state index in [-0.39, 0.29) is 5.97 Å². The normalized spacial score (nSPS) is 11.3. The highest BCUT2D eigenvalue weighted by Crippen LogP contribution is 2.24. The van der Waals surface area contributed by atoms with Gasteiger partial charge in [-0.2, -0.15) is 10.2 Å². The molecule has 0 aliphatic carbocycles. The Hall–Kier alpha value is -2.69. The summed E-state index contributed by atoms with van der Waals surface area (Å²) in [5.41, 5.74) is 1.48. The van der Waals surface area contributed by atoms with E-state index < -0.39 is 0 Å². The van der Waals surface area contributed by atoms with Gasteiger partial charge in [0, 0.05) is 6.42 Å². The molecule has 0 N–H and O–H groups in total. The van der Waals surface area contributed by atoms with E-state index >= 15 is 0 Å². The summed E-state index contributed by atoms with van der Waals surface area (Å²) in [6.45, 7) is 5.27. The zero-order chi connectivity index (χ0) is 29.9. The molecule has 0 aliphatic heterocycles. The maximum Gasteiger partial charge on any atom is 0.311 e. The molecule has 0 fully saturated rings. The number of carbonyl (C=O) groups is 1. The fraction of sp³-hybridized carbons (Fsp3) is 0.649. The molecule has 0 unspecified atom stereocenters. The van der Waals surface area contributed by atoms with Crippen molar-refractivity contribution in [1.29, 1.82) is 0 Å². The Morgan fingerprint density at radius 1 is 0.500 bits per heavy atom. The van der Waals surface area contributed by atoms with Crippen LogP contribution in [0.15, 0.2) is 58.8 Å². The van der Waals surface area contributed by atoms with Gasteiger partial charge in [-0.15, -0.1) is 0 Å². The monoisotopic (exact) mass is 578 g/mol. The van der Waals surface area contributed by atoms with Crippen molar-refractivity contribution in [3.8, 4) is 11.5 Å². The molecule has 0 aliphatic rings. The molecule has 42 heavy (non-hydrogen) atoms. The van der Waals surface area contributed by atoms with Crippen LogP contribution in [0.25, 0.3) is 0 Å². The van der Waals surface area contributed by atoms with Crippen LogP contribution in [-0.4, -0.2) is 12.6 Å². The van der Waals surface area contributed by atoms with Gasteiger partial charge in [0.05, 0.1) is 18.0 Å². The molecule has 0 bridgehead atoms. The standard InChI is InChI=1S/C37H58N2O3/c1-3-5-7-9-11-12-13-14-15-16-17-19-21-23-37(40)42-36-30-26-34(27-31-36)39-38-33-24-28-35(29-25-33)41-32-22-20-18-10-8-6-4-2/h24-31H,3-23,32H2,1-2H3. The Balaban J connectivity index is 1.52. The van der Waals surface area contributed by atoms with E-state index in [0.29, 0.717) is 17.9 Å². The van der Waals surface area contributed by atoms with Crippen LogP contribution < -0.4 is 9.47 Å².